The molecule has 3 N–H and O–H groups in total. The van der Waals surface area contributed by atoms with Crippen molar-refractivity contribution in [1.82, 2.24) is 24.8 Å². The number of aromatic amines is 1. The lowest BCUT2D eigenvalue weighted by Crippen LogP contribution is -2.52. The summed E-state index contributed by atoms with van der Waals surface area (Å²) in [6, 6.07) is 15.4. The molecule has 2 saturated heterocycles. The van der Waals surface area contributed by atoms with Crippen LogP contribution in [-0.4, -0.2) is 94.0 Å². The normalized spacial score (nSPS) is 17.2. The smallest absolute Gasteiger partial charge is 0.244 e. The molecule has 2 aliphatic rings. The van der Waals surface area contributed by atoms with Crippen molar-refractivity contribution >= 4 is 39.4 Å². The van der Waals surface area contributed by atoms with Gasteiger partial charge < -0.3 is 29.2 Å². The maximum Gasteiger partial charge on any atom is 0.244 e. The second-order valence-electron chi connectivity index (χ2n) is 15.1. The minimum atomic E-state index is -0.239. The first-order chi connectivity index (χ1) is 24.0. The number of H-pyrrole nitrogens is 1. The van der Waals surface area contributed by atoms with E-state index >= 15 is 0 Å². The Bertz CT molecular complexity index is 1980. The number of aromatic nitrogens is 2. The van der Waals surface area contributed by atoms with E-state index in [-0.39, 0.29) is 28.6 Å². The lowest BCUT2D eigenvalue weighted by Gasteiger charge is -2.42. The van der Waals surface area contributed by atoms with E-state index in [1.807, 2.05) is 51.1 Å². The van der Waals surface area contributed by atoms with Crippen LogP contribution in [0.2, 0.25) is 0 Å². The molecule has 50 heavy (non-hydrogen) atoms. The van der Waals surface area contributed by atoms with E-state index in [1.54, 1.807) is 18.2 Å². The summed E-state index contributed by atoms with van der Waals surface area (Å²) >= 11 is 0. The van der Waals surface area contributed by atoms with Gasteiger partial charge in [0, 0.05) is 78.5 Å². The largest absolute Gasteiger partial charge is 0.508 e. The SMILES string of the molecule is CN1CCN(C2CCN(Cc3c(O)ccc4[nH]c(C(=O)c5cc6cc(CCCC(=O)Nc7cc(C(C)(C)C)on7)ccc6o5)cc34)CC2)CC1. The number of fused-ring (bicyclic) bond motifs is 2. The molecule has 7 rings (SSSR count). The summed E-state index contributed by atoms with van der Waals surface area (Å²) in [6.07, 6.45) is 3.96. The first-order valence-electron chi connectivity index (χ1n) is 17.8. The van der Waals surface area contributed by atoms with Crippen LogP contribution in [0, 0.1) is 0 Å². The number of piperazine rings is 1. The summed E-state index contributed by atoms with van der Waals surface area (Å²) < 4.78 is 11.4. The van der Waals surface area contributed by atoms with Crippen molar-refractivity contribution in [2.45, 2.75) is 70.9 Å². The van der Waals surface area contributed by atoms with Crippen LogP contribution in [0.1, 0.15) is 79.6 Å². The van der Waals surface area contributed by atoms with Gasteiger partial charge in [-0.3, -0.25) is 19.4 Å². The van der Waals surface area contributed by atoms with Crippen LogP contribution in [0.25, 0.3) is 21.9 Å². The summed E-state index contributed by atoms with van der Waals surface area (Å²) in [6.45, 7) is 13.2. The highest BCUT2D eigenvalue weighted by Crippen LogP contribution is 2.32. The number of amides is 1. The van der Waals surface area contributed by atoms with Gasteiger partial charge in [-0.2, -0.15) is 0 Å². The molecule has 11 heteroatoms. The molecule has 3 aromatic heterocycles. The molecule has 264 valence electrons. The minimum absolute atomic E-state index is 0.114. The van der Waals surface area contributed by atoms with Crippen molar-refractivity contribution in [2.24, 2.45) is 0 Å². The molecule has 5 heterocycles. The van der Waals surface area contributed by atoms with Crippen LogP contribution in [-0.2, 0) is 23.2 Å². The standard InChI is InChI=1S/C39H48N6O5/c1-39(2,3)35-23-36(42-50-35)41-37(47)7-5-6-25-8-11-33-26(20-25)21-34(49-33)38(48)31-22-28-29(32(46)10-9-30(28)40-31)24-44-14-12-27(13-15-44)45-18-16-43(4)17-19-45/h8-11,20-23,27,40,46H,5-7,12-19,24H2,1-4H3,(H,41,42,47). The molecule has 2 fully saturated rings. The molecule has 0 bridgehead atoms. The molecule has 0 atom stereocenters. The second-order valence-corrected chi connectivity index (χ2v) is 15.1. The molecule has 5 aromatic rings. The molecule has 2 aliphatic heterocycles. The molecule has 2 aromatic carbocycles. The van der Waals surface area contributed by atoms with E-state index in [0.717, 1.165) is 85.3 Å². The van der Waals surface area contributed by atoms with Crippen molar-refractivity contribution in [3.63, 3.8) is 0 Å². The number of anilines is 1. The number of phenolic OH excluding ortho intramolecular Hbond substituents is 1. The Morgan fingerprint density at radius 2 is 1.78 bits per heavy atom. The summed E-state index contributed by atoms with van der Waals surface area (Å²) in [4.78, 5) is 36.9. The first-order valence-corrected chi connectivity index (χ1v) is 17.8. The Morgan fingerprint density at radius 3 is 2.52 bits per heavy atom. The highest BCUT2D eigenvalue weighted by atomic mass is 16.5. The molecule has 0 unspecified atom stereocenters. The summed E-state index contributed by atoms with van der Waals surface area (Å²) in [7, 11) is 2.19. The topological polar surface area (TPSA) is 131 Å². The number of carbonyl (C=O) groups excluding carboxylic acids is 2. The Morgan fingerprint density at radius 1 is 1.00 bits per heavy atom. The average molecular weight is 681 g/mol. The fraction of sp³-hybridized carbons (Fsp3) is 0.462. The number of likely N-dealkylation sites (tertiary alicyclic amines) is 1. The number of hydrogen-bond acceptors (Lipinski definition) is 9. The number of nitrogens with one attached hydrogen (secondary N) is 2. The van der Waals surface area contributed by atoms with Crippen LogP contribution in [0.4, 0.5) is 5.82 Å². The number of furan rings is 1. The van der Waals surface area contributed by atoms with Gasteiger partial charge >= 0.3 is 0 Å². The maximum atomic E-state index is 13.7. The zero-order valence-corrected chi connectivity index (χ0v) is 29.6. The van der Waals surface area contributed by atoms with E-state index < -0.39 is 0 Å². The van der Waals surface area contributed by atoms with Gasteiger partial charge in [0.05, 0.1) is 5.69 Å². The van der Waals surface area contributed by atoms with Crippen LogP contribution >= 0.6 is 0 Å². The molecule has 0 spiro atoms. The van der Waals surface area contributed by atoms with Gasteiger partial charge in [-0.25, -0.2) is 0 Å². The van der Waals surface area contributed by atoms with Crippen LogP contribution < -0.4 is 5.32 Å². The molecule has 0 radical (unpaired) electrons. The van der Waals surface area contributed by atoms with Gasteiger partial charge in [-0.1, -0.05) is 32.0 Å². The Hall–Kier alpha value is -4.45. The molecule has 11 nitrogen and oxygen atoms in total. The lowest BCUT2D eigenvalue weighted by molar-refractivity contribution is -0.116. The first kappa shape index (κ1) is 34.0. The van der Waals surface area contributed by atoms with E-state index in [2.05, 4.69) is 37.2 Å². The highest BCUT2D eigenvalue weighted by molar-refractivity contribution is 6.10. The number of piperidine rings is 1. The summed E-state index contributed by atoms with van der Waals surface area (Å²) in [5.41, 5.74) is 3.58. The monoisotopic (exact) mass is 680 g/mol. The van der Waals surface area contributed by atoms with Gasteiger partial charge in [0.15, 0.2) is 11.6 Å². The highest BCUT2D eigenvalue weighted by Gasteiger charge is 2.28. The van der Waals surface area contributed by atoms with E-state index in [1.165, 1.54) is 0 Å². The number of phenols is 1. The zero-order valence-electron chi connectivity index (χ0n) is 29.6. The quantitative estimate of drug-likeness (QED) is 0.145. The Labute approximate surface area is 292 Å². The fourth-order valence-corrected chi connectivity index (χ4v) is 7.23. The third kappa shape index (κ3) is 7.50. The van der Waals surface area contributed by atoms with Crippen molar-refractivity contribution in [3.05, 3.63) is 76.9 Å². The molecular formula is C39H48N6O5. The van der Waals surface area contributed by atoms with Gasteiger partial charge in [-0.05, 0) is 87.8 Å². The van der Waals surface area contributed by atoms with Crippen molar-refractivity contribution in [1.29, 1.82) is 0 Å². The maximum absolute atomic E-state index is 13.7. The number of rotatable bonds is 10. The van der Waals surface area contributed by atoms with Crippen LogP contribution in [0.3, 0.4) is 0 Å². The van der Waals surface area contributed by atoms with E-state index in [9.17, 15) is 14.7 Å². The van der Waals surface area contributed by atoms with Gasteiger partial charge in [-0.15, -0.1) is 0 Å². The average Bonchev–Trinajstić information content (AvgIpc) is 3.85. The Balaban J connectivity index is 0.968. The molecular weight excluding hydrogens is 632 g/mol. The van der Waals surface area contributed by atoms with Gasteiger partial charge in [0.25, 0.3) is 0 Å². The summed E-state index contributed by atoms with van der Waals surface area (Å²) in [5, 5.41) is 19.4. The van der Waals surface area contributed by atoms with Gasteiger partial charge in [0.1, 0.15) is 17.1 Å². The number of likely N-dealkylation sites (N-methyl/N-ethyl adjacent to an activating group) is 1. The minimum Gasteiger partial charge on any atom is -0.508 e. The number of benzene rings is 2. The third-order valence-corrected chi connectivity index (χ3v) is 10.3. The zero-order chi connectivity index (χ0) is 35.0. The van der Waals surface area contributed by atoms with Crippen LogP contribution in [0.5, 0.6) is 5.75 Å². The number of hydrogen-bond donors (Lipinski definition) is 3. The van der Waals surface area contributed by atoms with Crippen molar-refractivity contribution < 1.29 is 23.6 Å². The van der Waals surface area contributed by atoms with E-state index in [4.69, 9.17) is 8.94 Å². The van der Waals surface area contributed by atoms with Gasteiger partial charge in [0.2, 0.25) is 11.7 Å². The number of carbonyl (C=O) groups is 2. The summed E-state index contributed by atoms with van der Waals surface area (Å²) in [5.74, 6) is 1.29. The molecule has 0 aliphatic carbocycles. The molecule has 0 saturated carbocycles. The van der Waals surface area contributed by atoms with Crippen LogP contribution in [0.15, 0.2) is 57.5 Å². The lowest BCUT2D eigenvalue weighted by atomic mass is 9.93. The van der Waals surface area contributed by atoms with Crippen molar-refractivity contribution in [2.75, 3.05) is 51.6 Å². The number of aryl methyl sites for hydroxylation is 1. The predicted octanol–water partition coefficient (Wildman–Crippen LogP) is 6.31. The van der Waals surface area contributed by atoms with Crippen molar-refractivity contribution in [3.8, 4) is 5.75 Å². The Kier molecular flexibility index (Phi) is 9.56. The second kappa shape index (κ2) is 14.0. The number of aromatic hydroxyl groups is 1. The predicted molar refractivity (Wildman–Crippen MR) is 194 cm³/mol. The third-order valence-electron chi connectivity index (χ3n) is 10.3. The van der Waals surface area contributed by atoms with E-state index in [0.29, 0.717) is 48.9 Å². The fourth-order valence-electron chi connectivity index (χ4n) is 7.23. The molecule has 1 amide bonds. The number of ketones is 1. The number of nitrogens with zero attached hydrogens (tertiary/aromatic N) is 4.